The Balaban J connectivity index is 3.50. The Morgan fingerprint density at radius 3 is 2.33 bits per heavy atom. The maximum Gasteiger partial charge on any atom is 0.437 e. The zero-order valence-electron chi connectivity index (χ0n) is 4.76. The van der Waals surface area contributed by atoms with E-state index >= 15 is 0 Å². The van der Waals surface area contributed by atoms with Crippen molar-refractivity contribution in [1.29, 1.82) is 5.41 Å². The van der Waals surface area contributed by atoms with Gasteiger partial charge in [0, 0.05) is 0 Å². The largest absolute Gasteiger partial charge is 0.437 e. The molecule has 0 radical (unpaired) electrons. The van der Waals surface area contributed by atoms with E-state index in [4.69, 9.17) is 11.1 Å². The van der Waals surface area contributed by atoms with Crippen molar-refractivity contribution in [2.45, 2.75) is 13.0 Å². The smallest absolute Gasteiger partial charge is 0.385 e. The highest BCUT2D eigenvalue weighted by Crippen LogP contribution is 1.89. The van der Waals surface area contributed by atoms with Crippen molar-refractivity contribution < 1.29 is 27.0 Å². The van der Waals surface area contributed by atoms with Gasteiger partial charge in [0.1, 0.15) is 5.84 Å². The van der Waals surface area contributed by atoms with E-state index in [9.17, 15) is 8.40 Å². The Bertz CT molecular complexity index is 107. The van der Waals surface area contributed by atoms with E-state index in [1.165, 1.54) is 6.92 Å². The van der Waals surface area contributed by atoms with Crippen molar-refractivity contribution in [3.05, 3.63) is 0 Å². The van der Waals surface area contributed by atoms with Gasteiger partial charge in [0.05, 0.1) is 0 Å². The molecule has 9 heavy (non-hydrogen) atoms. The summed E-state index contributed by atoms with van der Waals surface area (Å²) in [5.74, 6) is -0.287. The molecule has 0 aromatic rings. The zero-order chi connectivity index (χ0) is 7.44. The summed E-state index contributed by atoms with van der Waals surface area (Å²) in [6.45, 7) is 1.39. The predicted octanol–water partition coefficient (Wildman–Crippen LogP) is -2.59. The molecule has 0 aromatic carbocycles. The first kappa shape index (κ1) is 8.83. The van der Waals surface area contributed by atoms with Crippen molar-refractivity contribution >= 4 is 5.84 Å². The van der Waals surface area contributed by atoms with E-state index in [0.717, 1.165) is 0 Å². The summed E-state index contributed by atoms with van der Waals surface area (Å²) in [6, 6.07) is 0. The second kappa shape index (κ2) is 3.78. The number of hydrogen-bond acceptors (Lipinski definition) is 4. The number of nitrogens with two attached hydrogens (primary N) is 1. The molecule has 0 saturated heterocycles. The quantitative estimate of drug-likeness (QED) is 0.384. The van der Waals surface area contributed by atoms with E-state index in [-0.39, 0.29) is 5.84 Å². The first-order chi connectivity index (χ1) is 4.04. The molecule has 0 aromatic heterocycles. The van der Waals surface area contributed by atoms with E-state index in [0.29, 0.717) is 0 Å². The molecule has 0 aliphatic rings. The lowest BCUT2D eigenvalue weighted by Crippen LogP contribution is -2.40. The molecule has 0 rings (SSSR count). The van der Waals surface area contributed by atoms with Crippen LogP contribution >= 0.6 is 0 Å². The molecule has 1 atom stereocenters. The first-order valence-corrected chi connectivity index (χ1v) is 4.05. The van der Waals surface area contributed by atoms with Crippen LogP contribution in [0.1, 0.15) is 6.92 Å². The Labute approximate surface area is 57.8 Å². The number of nitrogens with one attached hydrogen (secondary N) is 1. The van der Waals surface area contributed by atoms with Gasteiger partial charge in [-0.25, -0.2) is 0 Å². The molecular weight excluding hydrogens is 192 g/mol. The minimum Gasteiger partial charge on any atom is -0.385 e. The van der Waals surface area contributed by atoms with E-state index in [2.05, 4.69) is 3.83 Å². The summed E-state index contributed by atoms with van der Waals surface area (Å²) in [5, 5.41) is 6.69. The molecule has 6 heteroatoms. The molecule has 1 unspecified atom stereocenters. The highest BCUT2D eigenvalue weighted by atomic mass is 80.0. The Kier molecular flexibility index (Phi) is 3.71. The van der Waals surface area contributed by atoms with Crippen molar-refractivity contribution in [1.82, 2.24) is 0 Å². The van der Waals surface area contributed by atoms with Gasteiger partial charge < -0.3 is 14.1 Å². The van der Waals surface area contributed by atoms with Crippen molar-refractivity contribution in [3.63, 3.8) is 0 Å². The fourth-order valence-corrected chi connectivity index (χ4v) is 0.816. The Morgan fingerprint density at radius 2 is 2.22 bits per heavy atom. The van der Waals surface area contributed by atoms with Gasteiger partial charge >= 0.3 is 14.8 Å². The van der Waals surface area contributed by atoms with Crippen molar-refractivity contribution in [3.8, 4) is 0 Å². The number of halogens is 1. The maximum atomic E-state index is 9.82. The lowest BCUT2D eigenvalue weighted by atomic mass is 10.4. The van der Waals surface area contributed by atoms with Crippen LogP contribution in [0.2, 0.25) is 0 Å². The van der Waals surface area contributed by atoms with Gasteiger partial charge in [-0.15, -0.1) is 0 Å². The lowest BCUT2D eigenvalue weighted by Gasteiger charge is -1.99. The van der Waals surface area contributed by atoms with Crippen molar-refractivity contribution in [2.75, 3.05) is 0 Å². The molecule has 0 amide bonds. The third kappa shape index (κ3) is 4.34. The van der Waals surface area contributed by atoms with Gasteiger partial charge in [0.2, 0.25) is 6.10 Å². The Hall–Kier alpha value is -0.170. The van der Waals surface area contributed by atoms with Gasteiger partial charge in [-0.1, -0.05) is 0 Å². The van der Waals surface area contributed by atoms with Gasteiger partial charge in [-0.2, -0.15) is 0 Å². The van der Waals surface area contributed by atoms with Crippen LogP contribution in [0.4, 0.5) is 0 Å². The van der Waals surface area contributed by atoms with Crippen LogP contribution in [-0.4, -0.2) is 11.9 Å². The fourth-order valence-electron chi connectivity index (χ4n) is 0.157. The summed E-state index contributed by atoms with van der Waals surface area (Å²) < 4.78 is 23.8. The van der Waals surface area contributed by atoms with Crippen LogP contribution in [0.5, 0.6) is 0 Å². The van der Waals surface area contributed by atoms with Crippen LogP contribution in [0.3, 0.4) is 0 Å². The monoisotopic (exact) mass is 198 g/mol. The van der Waals surface area contributed by atoms with Crippen LogP contribution in [0, 0.1) is 20.2 Å². The third-order valence-electron chi connectivity index (χ3n) is 0.644. The van der Waals surface area contributed by atoms with Gasteiger partial charge in [0.25, 0.3) is 0 Å². The summed E-state index contributed by atoms with van der Waals surface area (Å²) in [4.78, 5) is 0. The Morgan fingerprint density at radius 1 is 1.78 bits per heavy atom. The summed E-state index contributed by atoms with van der Waals surface area (Å²) in [6.07, 6.45) is -0.824. The second-order valence-corrected chi connectivity index (χ2v) is 2.54. The van der Waals surface area contributed by atoms with E-state index in [1.54, 1.807) is 0 Å². The molecule has 5 nitrogen and oxygen atoms in total. The molecule has 0 bridgehead atoms. The topological polar surface area (TPSA) is 105 Å². The van der Waals surface area contributed by atoms with Crippen LogP contribution in [0.15, 0.2) is 0 Å². The van der Waals surface area contributed by atoms with Crippen LogP contribution in [-0.2, 0) is 3.83 Å². The average molecular weight is 199 g/mol. The van der Waals surface area contributed by atoms with E-state index in [1.807, 2.05) is 0 Å². The predicted molar refractivity (Wildman–Crippen MR) is 22.5 cm³/mol. The molecular formula is C3H7BrN2O3. The van der Waals surface area contributed by atoms with Crippen molar-refractivity contribution in [2.24, 2.45) is 5.73 Å². The van der Waals surface area contributed by atoms with E-state index < -0.39 is 20.9 Å². The fraction of sp³-hybridized carbons (Fsp3) is 0.667. The van der Waals surface area contributed by atoms with Gasteiger partial charge in [0.15, 0.2) is 0 Å². The maximum absolute atomic E-state index is 9.82. The number of rotatable bonds is 3. The molecule has 0 heterocycles. The SMILES string of the molecule is CC(O[Br+2]([O-])[O-])C(=N)N. The highest BCUT2D eigenvalue weighted by molar-refractivity contribution is 5.81. The molecule has 0 spiro atoms. The molecule has 0 fully saturated rings. The summed E-state index contributed by atoms with van der Waals surface area (Å²) >= 11 is -3.22. The zero-order valence-corrected chi connectivity index (χ0v) is 6.34. The summed E-state index contributed by atoms with van der Waals surface area (Å²) in [7, 11) is 0. The first-order valence-electron chi connectivity index (χ1n) is 2.10. The van der Waals surface area contributed by atoms with Gasteiger partial charge in [-0.05, 0) is 10.8 Å². The standard InChI is InChI=1S/C3H7BrN2O3/c1-2(3(5)6)9-4(7)8/h2H,1H3,(H3,5,6). The summed E-state index contributed by atoms with van der Waals surface area (Å²) in [5.41, 5.74) is 4.88. The molecule has 0 aliphatic carbocycles. The lowest BCUT2D eigenvalue weighted by molar-refractivity contribution is -1.63. The molecule has 54 valence electrons. The van der Waals surface area contributed by atoms with Crippen LogP contribution < -0.4 is 14.1 Å². The average Bonchev–Trinajstić information content (AvgIpc) is 1.63. The number of amidine groups is 1. The normalized spacial score (nSPS) is 13.8. The minimum absolute atomic E-state index is 0.287. The van der Waals surface area contributed by atoms with Gasteiger partial charge in [-0.3, -0.25) is 5.41 Å². The molecule has 0 saturated carbocycles. The second-order valence-electron chi connectivity index (χ2n) is 1.38. The van der Waals surface area contributed by atoms with Crippen LogP contribution in [0.25, 0.3) is 0 Å². The molecule has 3 N–H and O–H groups in total. The minimum atomic E-state index is -3.22. The third-order valence-corrected chi connectivity index (χ3v) is 1.51. The molecule has 0 aliphatic heterocycles. The number of hydrogen-bond donors (Lipinski definition) is 2. The highest BCUT2D eigenvalue weighted by Gasteiger charge is 2.20.